The molecule has 1 aliphatic rings. The van der Waals surface area contributed by atoms with Gasteiger partial charge in [-0.25, -0.2) is 4.99 Å². The van der Waals surface area contributed by atoms with E-state index >= 15 is 0 Å². The zero-order chi connectivity index (χ0) is 9.84. The van der Waals surface area contributed by atoms with Crippen LogP contribution in [0.4, 0.5) is 0 Å². The van der Waals surface area contributed by atoms with Crippen LogP contribution in [0, 0.1) is 0 Å². The van der Waals surface area contributed by atoms with E-state index in [0.717, 1.165) is 0 Å². The Labute approximate surface area is 81.0 Å². The van der Waals surface area contributed by atoms with Gasteiger partial charge in [-0.05, 0) is 26.2 Å². The van der Waals surface area contributed by atoms with Crippen molar-refractivity contribution < 1.29 is 0 Å². The van der Waals surface area contributed by atoms with Crippen molar-refractivity contribution in [3.63, 3.8) is 0 Å². The number of nitrogens with two attached hydrogens (primary N) is 1. The summed E-state index contributed by atoms with van der Waals surface area (Å²) in [5, 5.41) is 0. The minimum atomic E-state index is 0.507. The maximum absolute atomic E-state index is 5.87. The molecule has 1 aliphatic carbocycles. The van der Waals surface area contributed by atoms with Crippen molar-refractivity contribution >= 4 is 5.96 Å². The Kier molecular flexibility index (Phi) is 3.58. The second-order valence-corrected chi connectivity index (χ2v) is 3.97. The van der Waals surface area contributed by atoms with Crippen LogP contribution in [0.1, 0.15) is 39.5 Å². The molecule has 0 bridgehead atoms. The molecule has 0 aromatic heterocycles. The van der Waals surface area contributed by atoms with Crippen molar-refractivity contribution in [2.75, 3.05) is 7.05 Å². The van der Waals surface area contributed by atoms with Crippen LogP contribution in [0.3, 0.4) is 0 Å². The molecule has 0 aromatic carbocycles. The molecule has 13 heavy (non-hydrogen) atoms. The molecule has 1 fully saturated rings. The van der Waals surface area contributed by atoms with Crippen LogP contribution in [0.2, 0.25) is 0 Å². The first kappa shape index (κ1) is 10.4. The quantitative estimate of drug-likeness (QED) is 0.531. The first-order valence-electron chi connectivity index (χ1n) is 5.21. The molecular formula is C10H21N3. The van der Waals surface area contributed by atoms with Gasteiger partial charge < -0.3 is 10.6 Å². The minimum absolute atomic E-state index is 0.507. The van der Waals surface area contributed by atoms with Crippen LogP contribution in [-0.4, -0.2) is 30.0 Å². The summed E-state index contributed by atoms with van der Waals surface area (Å²) in [5.74, 6) is 0.712. The fourth-order valence-corrected chi connectivity index (χ4v) is 1.32. The van der Waals surface area contributed by atoms with E-state index < -0.39 is 0 Å². The molecule has 0 saturated heterocycles. The van der Waals surface area contributed by atoms with Gasteiger partial charge in [0.05, 0.1) is 6.04 Å². The molecule has 1 saturated carbocycles. The first-order valence-corrected chi connectivity index (χ1v) is 5.21. The lowest BCUT2D eigenvalue weighted by molar-refractivity contribution is 0.362. The largest absolute Gasteiger partial charge is 0.370 e. The third kappa shape index (κ3) is 3.25. The average Bonchev–Trinajstić information content (AvgIpc) is 2.87. The maximum Gasteiger partial charge on any atom is 0.191 e. The number of rotatable bonds is 4. The summed E-state index contributed by atoms with van der Waals surface area (Å²) in [5.41, 5.74) is 5.87. The third-order valence-corrected chi connectivity index (χ3v) is 2.59. The second-order valence-electron chi connectivity index (χ2n) is 3.97. The summed E-state index contributed by atoms with van der Waals surface area (Å²) in [6.07, 6.45) is 4.81. The Bertz CT molecular complexity index is 185. The average molecular weight is 183 g/mol. The van der Waals surface area contributed by atoms with Crippen LogP contribution in [0.25, 0.3) is 0 Å². The Morgan fingerprint density at radius 3 is 2.69 bits per heavy atom. The van der Waals surface area contributed by atoms with E-state index in [1.54, 1.807) is 0 Å². The van der Waals surface area contributed by atoms with E-state index in [1.165, 1.54) is 25.7 Å². The van der Waals surface area contributed by atoms with Gasteiger partial charge >= 0.3 is 0 Å². The van der Waals surface area contributed by atoms with Crippen LogP contribution >= 0.6 is 0 Å². The second kappa shape index (κ2) is 4.49. The number of aliphatic imine (C=N–C) groups is 1. The molecule has 76 valence electrons. The van der Waals surface area contributed by atoms with Crippen LogP contribution < -0.4 is 5.73 Å². The number of nitrogens with zero attached hydrogens (tertiary/aromatic N) is 2. The van der Waals surface area contributed by atoms with Crippen molar-refractivity contribution in [2.45, 2.75) is 51.6 Å². The molecule has 1 rings (SSSR count). The Balaban J connectivity index is 2.39. The fraction of sp³-hybridized carbons (Fsp3) is 0.900. The van der Waals surface area contributed by atoms with Gasteiger partial charge in [0, 0.05) is 13.1 Å². The molecular weight excluding hydrogens is 162 g/mol. The van der Waals surface area contributed by atoms with Crippen molar-refractivity contribution in [1.82, 2.24) is 4.90 Å². The maximum atomic E-state index is 5.87. The zero-order valence-electron chi connectivity index (χ0n) is 8.95. The van der Waals surface area contributed by atoms with E-state index in [9.17, 15) is 0 Å². The molecule has 0 aliphatic heterocycles. The molecule has 1 atom stereocenters. The summed E-state index contributed by atoms with van der Waals surface area (Å²) in [6.45, 7) is 4.39. The number of hydrogen-bond acceptors (Lipinski definition) is 1. The van der Waals surface area contributed by atoms with Crippen molar-refractivity contribution in [3.05, 3.63) is 0 Å². The normalized spacial score (nSPS) is 20.1. The summed E-state index contributed by atoms with van der Waals surface area (Å²) in [4.78, 5) is 6.50. The molecule has 2 N–H and O–H groups in total. The highest BCUT2D eigenvalue weighted by Gasteiger charge is 2.22. The highest BCUT2D eigenvalue weighted by Crippen LogP contribution is 2.23. The summed E-state index contributed by atoms with van der Waals surface area (Å²) in [6, 6.07) is 1.03. The smallest absolute Gasteiger partial charge is 0.191 e. The number of guanidine groups is 1. The summed E-state index contributed by atoms with van der Waals surface area (Å²) < 4.78 is 0. The van der Waals surface area contributed by atoms with Gasteiger partial charge in [-0.2, -0.15) is 0 Å². The number of hydrogen-bond donors (Lipinski definition) is 1. The minimum Gasteiger partial charge on any atom is -0.370 e. The van der Waals surface area contributed by atoms with Gasteiger partial charge in [-0.1, -0.05) is 13.3 Å². The molecule has 0 aromatic rings. The molecule has 1 unspecified atom stereocenters. The van der Waals surface area contributed by atoms with Crippen molar-refractivity contribution in [1.29, 1.82) is 0 Å². The van der Waals surface area contributed by atoms with Gasteiger partial charge in [0.2, 0.25) is 0 Å². The van der Waals surface area contributed by atoms with Crippen LogP contribution in [-0.2, 0) is 0 Å². The predicted molar refractivity (Wildman–Crippen MR) is 56.8 cm³/mol. The molecule has 0 amide bonds. The lowest BCUT2D eigenvalue weighted by Crippen LogP contribution is -2.40. The van der Waals surface area contributed by atoms with Gasteiger partial charge in [0.25, 0.3) is 0 Å². The van der Waals surface area contributed by atoms with Gasteiger partial charge in [-0.15, -0.1) is 0 Å². The molecule has 0 spiro atoms. The highest BCUT2D eigenvalue weighted by atomic mass is 15.3. The SMILES string of the molecule is CCCC(C)N(C)C(N)=NC1CC1. The van der Waals surface area contributed by atoms with E-state index in [0.29, 0.717) is 18.0 Å². The molecule has 3 heteroatoms. The third-order valence-electron chi connectivity index (χ3n) is 2.59. The van der Waals surface area contributed by atoms with E-state index in [4.69, 9.17) is 5.73 Å². The van der Waals surface area contributed by atoms with E-state index in [-0.39, 0.29) is 0 Å². The summed E-state index contributed by atoms with van der Waals surface area (Å²) >= 11 is 0. The van der Waals surface area contributed by atoms with E-state index in [1.807, 2.05) is 7.05 Å². The molecule has 0 heterocycles. The topological polar surface area (TPSA) is 41.6 Å². The first-order chi connectivity index (χ1) is 6.15. The van der Waals surface area contributed by atoms with Crippen molar-refractivity contribution in [2.24, 2.45) is 10.7 Å². The zero-order valence-corrected chi connectivity index (χ0v) is 8.95. The van der Waals surface area contributed by atoms with Crippen molar-refractivity contribution in [3.8, 4) is 0 Å². The van der Waals surface area contributed by atoms with Crippen LogP contribution in [0.15, 0.2) is 4.99 Å². The Morgan fingerprint density at radius 2 is 2.23 bits per heavy atom. The lowest BCUT2D eigenvalue weighted by Gasteiger charge is -2.25. The van der Waals surface area contributed by atoms with Gasteiger partial charge in [0.1, 0.15) is 0 Å². The standard InChI is InChI=1S/C10H21N3/c1-4-5-8(2)13(3)10(11)12-9-6-7-9/h8-9H,4-7H2,1-3H3,(H2,11,12). The Morgan fingerprint density at radius 1 is 1.62 bits per heavy atom. The van der Waals surface area contributed by atoms with Gasteiger partial charge in [-0.3, -0.25) is 0 Å². The van der Waals surface area contributed by atoms with E-state index in [2.05, 4.69) is 23.7 Å². The summed E-state index contributed by atoms with van der Waals surface area (Å²) in [7, 11) is 2.03. The van der Waals surface area contributed by atoms with Crippen LogP contribution in [0.5, 0.6) is 0 Å². The monoisotopic (exact) mass is 183 g/mol. The van der Waals surface area contributed by atoms with Gasteiger partial charge in [0.15, 0.2) is 5.96 Å². The predicted octanol–water partition coefficient (Wildman–Crippen LogP) is 1.58. The molecule has 3 nitrogen and oxygen atoms in total. The molecule has 0 radical (unpaired) electrons. The highest BCUT2D eigenvalue weighted by molar-refractivity contribution is 5.78. The Hall–Kier alpha value is -0.730. The fourth-order valence-electron chi connectivity index (χ4n) is 1.32. The lowest BCUT2D eigenvalue weighted by atomic mass is 10.2.